The first-order chi connectivity index (χ1) is 19.5. The fourth-order valence-electron chi connectivity index (χ4n) is 5.75. The van der Waals surface area contributed by atoms with Crippen LogP contribution in [0.15, 0.2) is 42.9 Å². The Morgan fingerprint density at radius 1 is 1.02 bits per heavy atom. The van der Waals surface area contributed by atoms with Crippen LogP contribution in [-0.4, -0.2) is 75.9 Å². The Labute approximate surface area is 234 Å². The van der Waals surface area contributed by atoms with E-state index in [4.69, 9.17) is 9.97 Å². The van der Waals surface area contributed by atoms with E-state index >= 15 is 0 Å². The summed E-state index contributed by atoms with van der Waals surface area (Å²) in [5, 5.41) is 46.4. The van der Waals surface area contributed by atoms with E-state index in [9.17, 15) is 15.3 Å². The lowest BCUT2D eigenvalue weighted by Gasteiger charge is -2.21. The number of benzene rings is 1. The van der Waals surface area contributed by atoms with Crippen LogP contribution in [0.4, 0.5) is 11.8 Å². The van der Waals surface area contributed by atoms with Gasteiger partial charge in [0.2, 0.25) is 5.95 Å². The number of aryl methyl sites for hydroxylation is 1. The molecule has 1 aliphatic carbocycles. The number of fused-ring (bicyclic) bond motifs is 1. The minimum absolute atomic E-state index is 0.0932. The molecule has 40 heavy (non-hydrogen) atoms. The first-order valence-electron chi connectivity index (χ1n) is 14.3. The van der Waals surface area contributed by atoms with Crippen molar-refractivity contribution in [3.8, 4) is 0 Å². The van der Waals surface area contributed by atoms with Gasteiger partial charge in [0.1, 0.15) is 6.10 Å². The molecule has 0 aliphatic heterocycles. The molecule has 6 N–H and O–H groups in total. The highest BCUT2D eigenvalue weighted by Gasteiger charge is 2.45. The van der Waals surface area contributed by atoms with Crippen molar-refractivity contribution in [3.05, 3.63) is 59.7 Å². The lowest BCUT2D eigenvalue weighted by atomic mass is 9.97. The van der Waals surface area contributed by atoms with Crippen molar-refractivity contribution in [2.24, 2.45) is 0 Å². The number of hydrogen-bond donors (Lipinski definition) is 6. The molecule has 214 valence electrons. The number of imidazole rings is 1. The number of aromatic nitrogens is 6. The van der Waals surface area contributed by atoms with Gasteiger partial charge in [0.15, 0.2) is 17.0 Å². The molecule has 0 spiro atoms. The smallest absolute Gasteiger partial charge is 0.227 e. The fourth-order valence-corrected chi connectivity index (χ4v) is 5.75. The second-order valence-corrected chi connectivity index (χ2v) is 10.6. The topological polar surface area (TPSA) is 157 Å². The highest BCUT2D eigenvalue weighted by atomic mass is 16.3. The standard InChI is InChI=1S/C29H40N8O3/c1-4-18-14-31-36-23(18)21-13-22(26(40)25(21)39)37-16-30-24-27(32-19(5-2)6-3)34-29(35-28(24)37)33-20(15-38)12-17-10-8-7-9-11-17/h7-11,14,16,19-22,25-26,38-40H,4-6,12-13,15H2,1-3H3,(H,31,36)(H2,32,33,34,35)/t20-,21-,22+,25+,26-/m0/s1. The lowest BCUT2D eigenvalue weighted by molar-refractivity contribution is 0.0173. The summed E-state index contributed by atoms with van der Waals surface area (Å²) < 4.78 is 1.85. The number of rotatable bonds is 12. The van der Waals surface area contributed by atoms with Crippen LogP contribution in [0.1, 0.15) is 68.8 Å². The Morgan fingerprint density at radius 2 is 1.80 bits per heavy atom. The number of aliphatic hydroxyl groups excluding tert-OH is 3. The predicted molar refractivity (Wildman–Crippen MR) is 154 cm³/mol. The number of nitrogens with one attached hydrogen (secondary N) is 3. The van der Waals surface area contributed by atoms with E-state index in [2.05, 4.69) is 39.7 Å². The van der Waals surface area contributed by atoms with Crippen molar-refractivity contribution in [2.45, 2.75) is 89.1 Å². The molecule has 0 radical (unpaired) electrons. The van der Waals surface area contributed by atoms with Crippen LogP contribution in [0, 0.1) is 0 Å². The molecule has 5 atom stereocenters. The number of hydrogen-bond acceptors (Lipinski definition) is 9. The Balaban J connectivity index is 1.50. The molecule has 1 saturated carbocycles. The number of aliphatic hydroxyl groups is 3. The van der Waals surface area contributed by atoms with Gasteiger partial charge in [0.25, 0.3) is 0 Å². The zero-order valence-electron chi connectivity index (χ0n) is 23.3. The monoisotopic (exact) mass is 548 g/mol. The van der Waals surface area contributed by atoms with Crippen LogP contribution in [-0.2, 0) is 12.8 Å². The van der Waals surface area contributed by atoms with Gasteiger partial charge in [0.05, 0.1) is 37.3 Å². The maximum Gasteiger partial charge on any atom is 0.227 e. The molecule has 1 fully saturated rings. The molecule has 0 saturated heterocycles. The predicted octanol–water partition coefficient (Wildman–Crippen LogP) is 3.18. The molecule has 0 amide bonds. The normalized spacial score (nSPS) is 21.8. The van der Waals surface area contributed by atoms with Gasteiger partial charge < -0.3 is 30.5 Å². The zero-order chi connectivity index (χ0) is 28.2. The van der Waals surface area contributed by atoms with Gasteiger partial charge in [-0.25, -0.2) is 4.98 Å². The highest BCUT2D eigenvalue weighted by molar-refractivity contribution is 5.84. The van der Waals surface area contributed by atoms with E-state index in [1.807, 2.05) is 41.8 Å². The minimum Gasteiger partial charge on any atom is -0.394 e. The summed E-state index contributed by atoms with van der Waals surface area (Å²) in [6.45, 7) is 6.19. The molecule has 4 aromatic rings. The average molecular weight is 549 g/mol. The summed E-state index contributed by atoms with van der Waals surface area (Å²) in [5.74, 6) is 0.674. The van der Waals surface area contributed by atoms with Crippen LogP contribution >= 0.6 is 0 Å². The number of aromatic amines is 1. The summed E-state index contributed by atoms with van der Waals surface area (Å²) in [5.41, 5.74) is 4.14. The van der Waals surface area contributed by atoms with Crippen LogP contribution < -0.4 is 10.6 Å². The third kappa shape index (κ3) is 5.54. The first kappa shape index (κ1) is 28.0. The van der Waals surface area contributed by atoms with Crippen LogP contribution in [0.5, 0.6) is 0 Å². The van der Waals surface area contributed by atoms with E-state index in [0.29, 0.717) is 35.8 Å². The quantitative estimate of drug-likeness (QED) is 0.156. The average Bonchev–Trinajstić information content (AvgIpc) is 3.69. The van der Waals surface area contributed by atoms with E-state index in [-0.39, 0.29) is 24.6 Å². The van der Waals surface area contributed by atoms with Crippen molar-refractivity contribution in [3.63, 3.8) is 0 Å². The minimum atomic E-state index is -1.01. The van der Waals surface area contributed by atoms with Crippen LogP contribution in [0.3, 0.4) is 0 Å². The Bertz CT molecular complexity index is 1390. The second-order valence-electron chi connectivity index (χ2n) is 10.6. The van der Waals surface area contributed by atoms with Gasteiger partial charge in [0, 0.05) is 17.7 Å². The van der Waals surface area contributed by atoms with E-state index in [1.54, 1.807) is 12.5 Å². The molecule has 1 aliphatic rings. The molecule has 5 rings (SSSR count). The van der Waals surface area contributed by atoms with E-state index in [1.165, 1.54) is 0 Å². The number of nitrogens with zero attached hydrogens (tertiary/aromatic N) is 5. The second kappa shape index (κ2) is 12.3. The summed E-state index contributed by atoms with van der Waals surface area (Å²) in [7, 11) is 0. The summed E-state index contributed by atoms with van der Waals surface area (Å²) in [4.78, 5) is 14.3. The van der Waals surface area contributed by atoms with E-state index in [0.717, 1.165) is 36.1 Å². The van der Waals surface area contributed by atoms with Crippen LogP contribution in [0.2, 0.25) is 0 Å². The molecular formula is C29H40N8O3. The molecule has 3 aromatic heterocycles. The molecular weight excluding hydrogens is 508 g/mol. The maximum atomic E-state index is 11.2. The Morgan fingerprint density at radius 3 is 2.50 bits per heavy atom. The maximum absolute atomic E-state index is 11.2. The Hall–Kier alpha value is -3.54. The van der Waals surface area contributed by atoms with Crippen molar-refractivity contribution in [1.29, 1.82) is 0 Å². The van der Waals surface area contributed by atoms with Gasteiger partial charge in [-0.3, -0.25) is 5.10 Å². The lowest BCUT2D eigenvalue weighted by Crippen LogP contribution is -2.29. The van der Waals surface area contributed by atoms with Gasteiger partial charge in [-0.05, 0) is 43.2 Å². The van der Waals surface area contributed by atoms with Gasteiger partial charge in [-0.2, -0.15) is 15.1 Å². The first-order valence-corrected chi connectivity index (χ1v) is 14.3. The van der Waals surface area contributed by atoms with Gasteiger partial charge >= 0.3 is 0 Å². The molecule has 0 bridgehead atoms. The number of H-pyrrole nitrogens is 1. The molecule has 0 unspecified atom stereocenters. The van der Waals surface area contributed by atoms with Gasteiger partial charge in [-0.1, -0.05) is 51.1 Å². The third-order valence-corrected chi connectivity index (χ3v) is 8.14. The van der Waals surface area contributed by atoms with Gasteiger partial charge in [-0.15, -0.1) is 0 Å². The molecule has 1 aromatic carbocycles. The van der Waals surface area contributed by atoms with Crippen molar-refractivity contribution < 1.29 is 15.3 Å². The number of anilines is 2. The highest BCUT2D eigenvalue weighted by Crippen LogP contribution is 2.43. The third-order valence-electron chi connectivity index (χ3n) is 8.14. The van der Waals surface area contributed by atoms with E-state index < -0.39 is 18.2 Å². The molecule has 3 heterocycles. The van der Waals surface area contributed by atoms with Crippen molar-refractivity contribution in [2.75, 3.05) is 17.2 Å². The molecule has 11 nitrogen and oxygen atoms in total. The summed E-state index contributed by atoms with van der Waals surface area (Å²) in [6.07, 6.45) is 5.19. The zero-order valence-corrected chi connectivity index (χ0v) is 23.3. The Kier molecular flexibility index (Phi) is 8.63. The summed E-state index contributed by atoms with van der Waals surface area (Å²) in [6, 6.07) is 9.42. The van der Waals surface area contributed by atoms with Crippen molar-refractivity contribution in [1.82, 2.24) is 29.7 Å². The van der Waals surface area contributed by atoms with Crippen LogP contribution in [0.25, 0.3) is 11.2 Å². The fraction of sp³-hybridized carbons (Fsp3) is 0.517. The SMILES string of the molecule is CCc1cn[nH]c1[C@@H]1C[C@@H](n2cnc3c(NC(CC)CC)nc(N[C@H](CO)Cc4ccccc4)nc32)[C@H](O)[C@@H]1O. The summed E-state index contributed by atoms with van der Waals surface area (Å²) >= 11 is 0. The largest absolute Gasteiger partial charge is 0.394 e. The molecule has 11 heteroatoms. The van der Waals surface area contributed by atoms with Crippen molar-refractivity contribution >= 4 is 22.9 Å².